The molecule has 1 heterocycles. The summed E-state index contributed by atoms with van der Waals surface area (Å²) in [6.45, 7) is 1.06. The van der Waals surface area contributed by atoms with Crippen molar-refractivity contribution in [2.24, 2.45) is 0 Å². The topological polar surface area (TPSA) is 85.4 Å². The summed E-state index contributed by atoms with van der Waals surface area (Å²) in [6, 6.07) is 15.9. The van der Waals surface area contributed by atoms with Crippen LogP contribution in [0.3, 0.4) is 0 Å². The highest BCUT2D eigenvalue weighted by Gasteiger charge is 2.07. The number of benzene rings is 2. The average molecular weight is 374 g/mol. The van der Waals surface area contributed by atoms with E-state index in [0.717, 1.165) is 16.5 Å². The third-order valence-corrected chi connectivity index (χ3v) is 3.98. The maximum absolute atomic E-state index is 11.9. The Bertz CT molecular complexity index is 1050. The van der Waals surface area contributed by atoms with Crippen LogP contribution in [0.1, 0.15) is 22.8 Å². The van der Waals surface area contributed by atoms with Crippen LogP contribution in [0.4, 0.5) is 5.69 Å². The van der Waals surface area contributed by atoms with Gasteiger partial charge in [0, 0.05) is 34.5 Å². The van der Waals surface area contributed by atoms with Crippen molar-refractivity contribution in [2.75, 3.05) is 11.9 Å². The fourth-order valence-corrected chi connectivity index (χ4v) is 2.59. The summed E-state index contributed by atoms with van der Waals surface area (Å²) in [6.07, 6.45) is 4.56. The van der Waals surface area contributed by atoms with E-state index in [9.17, 15) is 14.4 Å². The first-order chi connectivity index (χ1) is 13.5. The number of carbonyl (C=O) groups is 3. The van der Waals surface area contributed by atoms with Gasteiger partial charge in [-0.05, 0) is 43.3 Å². The highest BCUT2D eigenvalue weighted by molar-refractivity contribution is 5.97. The number of fused-ring (bicyclic) bond motifs is 1. The number of ether oxygens (including phenoxy) is 1. The van der Waals surface area contributed by atoms with Gasteiger partial charge in [-0.3, -0.25) is 14.6 Å². The highest BCUT2D eigenvalue weighted by atomic mass is 16.5. The van der Waals surface area contributed by atoms with Gasteiger partial charge >= 0.3 is 5.97 Å². The van der Waals surface area contributed by atoms with Crippen molar-refractivity contribution in [3.05, 3.63) is 78.0 Å². The van der Waals surface area contributed by atoms with Gasteiger partial charge in [0.2, 0.25) is 0 Å². The van der Waals surface area contributed by atoms with Gasteiger partial charge in [0.05, 0.1) is 5.52 Å². The molecule has 1 amide bonds. The number of pyridine rings is 1. The van der Waals surface area contributed by atoms with Crippen LogP contribution in [0.25, 0.3) is 17.0 Å². The monoisotopic (exact) mass is 374 g/mol. The van der Waals surface area contributed by atoms with Crippen molar-refractivity contribution >= 4 is 40.3 Å². The number of nitrogens with zero attached hydrogens (tertiary/aromatic N) is 1. The van der Waals surface area contributed by atoms with Gasteiger partial charge in [0.15, 0.2) is 12.4 Å². The number of anilines is 1. The van der Waals surface area contributed by atoms with E-state index in [2.05, 4.69) is 10.3 Å². The molecule has 1 N–H and O–H groups in total. The molecule has 0 aliphatic heterocycles. The molecule has 140 valence electrons. The summed E-state index contributed by atoms with van der Waals surface area (Å²) < 4.78 is 4.96. The molecule has 0 radical (unpaired) electrons. The molecule has 6 heteroatoms. The maximum atomic E-state index is 11.9. The van der Waals surface area contributed by atoms with Crippen LogP contribution >= 0.6 is 0 Å². The normalized spacial score (nSPS) is 10.8. The number of amides is 1. The molecule has 0 saturated heterocycles. The average Bonchev–Trinajstić information content (AvgIpc) is 2.71. The molecule has 0 atom stereocenters. The van der Waals surface area contributed by atoms with Crippen LogP contribution < -0.4 is 5.32 Å². The second kappa shape index (κ2) is 8.73. The largest absolute Gasteiger partial charge is 0.452 e. The van der Waals surface area contributed by atoms with E-state index < -0.39 is 18.5 Å². The lowest BCUT2D eigenvalue weighted by Gasteiger charge is -2.06. The van der Waals surface area contributed by atoms with Crippen molar-refractivity contribution in [3.63, 3.8) is 0 Å². The molecular formula is C22H18N2O4. The number of nitrogens with one attached hydrogen (secondary N) is 1. The minimum atomic E-state index is -0.630. The number of hydrogen-bond donors (Lipinski definition) is 1. The smallest absolute Gasteiger partial charge is 0.331 e. The van der Waals surface area contributed by atoms with E-state index in [0.29, 0.717) is 11.3 Å². The molecule has 0 aliphatic carbocycles. The van der Waals surface area contributed by atoms with E-state index in [1.165, 1.54) is 13.0 Å². The summed E-state index contributed by atoms with van der Waals surface area (Å²) in [5.41, 5.74) is 2.63. The Balaban J connectivity index is 1.54. The van der Waals surface area contributed by atoms with Crippen LogP contribution in [0, 0.1) is 0 Å². The zero-order valence-corrected chi connectivity index (χ0v) is 15.2. The van der Waals surface area contributed by atoms with Crippen LogP contribution in [0.15, 0.2) is 66.9 Å². The van der Waals surface area contributed by atoms with Crippen molar-refractivity contribution in [2.45, 2.75) is 6.92 Å². The summed E-state index contributed by atoms with van der Waals surface area (Å²) in [5.74, 6) is -1.15. The first-order valence-electron chi connectivity index (χ1n) is 8.62. The van der Waals surface area contributed by atoms with Crippen molar-refractivity contribution in [1.82, 2.24) is 4.98 Å². The molecule has 2 aromatic carbocycles. The third kappa shape index (κ3) is 4.88. The SMILES string of the molecule is CC(=O)c1ccc(NC(=O)COC(=O)/C=C/c2cccc3cccnc23)cc1. The van der Waals surface area contributed by atoms with Gasteiger partial charge in [-0.1, -0.05) is 24.3 Å². The lowest BCUT2D eigenvalue weighted by Crippen LogP contribution is -2.20. The summed E-state index contributed by atoms with van der Waals surface area (Å²) in [5, 5.41) is 3.57. The molecule has 3 aromatic rings. The molecular weight excluding hydrogens is 356 g/mol. The van der Waals surface area contributed by atoms with Crippen LogP contribution in [-0.4, -0.2) is 29.3 Å². The quantitative estimate of drug-likeness (QED) is 0.404. The van der Waals surface area contributed by atoms with Crippen molar-refractivity contribution in [1.29, 1.82) is 0 Å². The molecule has 28 heavy (non-hydrogen) atoms. The van der Waals surface area contributed by atoms with Crippen LogP contribution in [0.5, 0.6) is 0 Å². The van der Waals surface area contributed by atoms with E-state index in [-0.39, 0.29) is 5.78 Å². The minimum Gasteiger partial charge on any atom is -0.452 e. The molecule has 0 saturated carbocycles. The number of hydrogen-bond acceptors (Lipinski definition) is 5. The molecule has 1 aromatic heterocycles. The third-order valence-electron chi connectivity index (χ3n) is 3.98. The van der Waals surface area contributed by atoms with Gasteiger partial charge in [0.1, 0.15) is 0 Å². The van der Waals surface area contributed by atoms with Gasteiger partial charge < -0.3 is 10.1 Å². The Morgan fingerprint density at radius 2 is 1.79 bits per heavy atom. The zero-order chi connectivity index (χ0) is 19.9. The van der Waals surface area contributed by atoms with E-state index in [4.69, 9.17) is 4.74 Å². The molecule has 0 aliphatic rings. The van der Waals surface area contributed by atoms with E-state index in [1.807, 2.05) is 30.3 Å². The van der Waals surface area contributed by atoms with E-state index in [1.54, 1.807) is 36.5 Å². The summed E-state index contributed by atoms with van der Waals surface area (Å²) >= 11 is 0. The highest BCUT2D eigenvalue weighted by Crippen LogP contribution is 2.17. The maximum Gasteiger partial charge on any atom is 0.331 e. The predicted molar refractivity (Wildman–Crippen MR) is 107 cm³/mol. The minimum absolute atomic E-state index is 0.0556. The fourth-order valence-electron chi connectivity index (χ4n) is 2.59. The molecule has 0 unspecified atom stereocenters. The predicted octanol–water partition coefficient (Wildman–Crippen LogP) is 3.63. The van der Waals surface area contributed by atoms with Gasteiger partial charge in [-0.15, -0.1) is 0 Å². The Kier molecular flexibility index (Phi) is 5.91. The zero-order valence-electron chi connectivity index (χ0n) is 15.2. The van der Waals surface area contributed by atoms with Gasteiger partial charge in [-0.25, -0.2) is 4.79 Å². The van der Waals surface area contributed by atoms with Crippen LogP contribution in [0.2, 0.25) is 0 Å². The Hall–Kier alpha value is -3.80. The summed E-state index contributed by atoms with van der Waals surface area (Å²) in [7, 11) is 0. The molecule has 6 nitrogen and oxygen atoms in total. The Morgan fingerprint density at radius 1 is 1.04 bits per heavy atom. The number of carbonyl (C=O) groups excluding carboxylic acids is 3. The second-order valence-electron chi connectivity index (χ2n) is 6.05. The molecule has 0 bridgehead atoms. The molecule has 0 spiro atoms. The molecule has 0 fully saturated rings. The summed E-state index contributed by atoms with van der Waals surface area (Å²) in [4.78, 5) is 39.3. The lowest BCUT2D eigenvalue weighted by molar-refractivity contribution is -0.142. The Morgan fingerprint density at radius 3 is 2.54 bits per heavy atom. The number of Topliss-reactive ketones (excluding diaryl/α,β-unsaturated/α-hetero) is 1. The first-order valence-corrected chi connectivity index (χ1v) is 8.62. The lowest BCUT2D eigenvalue weighted by atomic mass is 10.1. The van der Waals surface area contributed by atoms with Crippen LogP contribution in [-0.2, 0) is 14.3 Å². The van der Waals surface area contributed by atoms with E-state index >= 15 is 0 Å². The number of rotatable bonds is 6. The van der Waals surface area contributed by atoms with Gasteiger partial charge in [-0.2, -0.15) is 0 Å². The number of aromatic nitrogens is 1. The Labute approximate surface area is 161 Å². The van der Waals surface area contributed by atoms with Crippen molar-refractivity contribution in [3.8, 4) is 0 Å². The van der Waals surface area contributed by atoms with Crippen molar-refractivity contribution < 1.29 is 19.1 Å². The first kappa shape index (κ1) is 19.0. The standard InChI is InChI=1S/C22H18N2O4/c1-15(25)16-7-10-19(11-8-16)24-20(26)14-28-21(27)12-9-18-5-2-4-17-6-3-13-23-22(17)18/h2-13H,14H2,1H3,(H,24,26)/b12-9+. The number of ketones is 1. The molecule has 3 rings (SSSR count). The van der Waals surface area contributed by atoms with Gasteiger partial charge in [0.25, 0.3) is 5.91 Å². The number of para-hydroxylation sites is 1. The second-order valence-corrected chi connectivity index (χ2v) is 6.05. The number of esters is 1. The fraction of sp³-hybridized carbons (Fsp3) is 0.0909.